The Morgan fingerprint density at radius 1 is 0.800 bits per heavy atom. The second kappa shape index (κ2) is 13.8. The molecule has 0 radical (unpaired) electrons. The number of carbonyl (C=O) groups excluding carboxylic acids is 1. The van der Waals surface area contributed by atoms with Gasteiger partial charge in [0.05, 0.1) is 0 Å². The minimum Gasteiger partial charge on any atom is -0.489 e. The summed E-state index contributed by atoms with van der Waals surface area (Å²) in [6, 6.07) is 31.9. The Balaban J connectivity index is 1.45. The Morgan fingerprint density at radius 2 is 1.42 bits per heavy atom. The number of benzene rings is 4. The Morgan fingerprint density at radius 3 is 2.02 bits per heavy atom. The summed E-state index contributed by atoms with van der Waals surface area (Å²) in [5.74, 6) is -0.209. The predicted octanol–water partition coefficient (Wildman–Crippen LogP) is 6.82. The van der Waals surface area contributed by atoms with E-state index >= 15 is 0 Å². The molecule has 10 nitrogen and oxygen atoms in total. The van der Waals surface area contributed by atoms with Gasteiger partial charge in [-0.1, -0.05) is 90.1 Å². The summed E-state index contributed by atoms with van der Waals surface area (Å²) < 4.78 is 19.1. The number of amides is 1. The molecule has 0 spiro atoms. The summed E-state index contributed by atoms with van der Waals surface area (Å²) in [5, 5.41) is 20.9. The van der Waals surface area contributed by atoms with Crippen LogP contribution in [0.1, 0.15) is 48.0 Å². The van der Waals surface area contributed by atoms with Crippen LogP contribution in [0.25, 0.3) is 16.9 Å². The van der Waals surface area contributed by atoms with E-state index in [1.807, 2.05) is 60.7 Å². The Bertz CT molecular complexity index is 1750. The first-order valence-electron chi connectivity index (χ1n) is 14.4. The molecule has 0 unspecified atom stereocenters. The summed E-state index contributed by atoms with van der Waals surface area (Å²) in [5.41, 5.74) is 3.28. The number of carboxylic acids is 1. The van der Waals surface area contributed by atoms with Crippen LogP contribution in [0.2, 0.25) is 0 Å². The molecule has 0 fully saturated rings. The second-order valence-corrected chi connectivity index (χ2v) is 11.2. The molecule has 0 saturated heterocycles. The fourth-order valence-corrected chi connectivity index (χ4v) is 4.47. The fraction of sp³-hybridized carbons (Fsp3) is 0.200. The van der Waals surface area contributed by atoms with Gasteiger partial charge in [-0.15, -0.1) is 5.10 Å². The SMILES string of the molecule is CC(C)(C)OC(=O)NCc1ccc(-c2c(C(=O)O)nnn2-c2ccc(OCc3ccccc3)cc2OCc2ccccc2)cc1. The molecule has 0 aliphatic carbocycles. The van der Waals surface area contributed by atoms with Crippen LogP contribution >= 0.6 is 0 Å². The number of rotatable bonds is 11. The molecular formula is C35H34N4O6. The third-order valence-corrected chi connectivity index (χ3v) is 6.58. The Labute approximate surface area is 261 Å². The highest BCUT2D eigenvalue weighted by atomic mass is 16.6. The van der Waals surface area contributed by atoms with Gasteiger partial charge in [0.15, 0.2) is 5.69 Å². The molecule has 1 amide bonds. The van der Waals surface area contributed by atoms with Crippen molar-refractivity contribution in [2.75, 3.05) is 0 Å². The second-order valence-electron chi connectivity index (χ2n) is 11.2. The first-order chi connectivity index (χ1) is 21.7. The van der Waals surface area contributed by atoms with Crippen LogP contribution < -0.4 is 14.8 Å². The monoisotopic (exact) mass is 606 g/mol. The van der Waals surface area contributed by atoms with Gasteiger partial charge >= 0.3 is 12.1 Å². The van der Waals surface area contributed by atoms with E-state index in [4.69, 9.17) is 14.2 Å². The minimum absolute atomic E-state index is 0.215. The van der Waals surface area contributed by atoms with Crippen molar-refractivity contribution in [2.24, 2.45) is 0 Å². The maximum absolute atomic E-state index is 12.2. The van der Waals surface area contributed by atoms with E-state index in [1.165, 1.54) is 4.68 Å². The van der Waals surface area contributed by atoms with Gasteiger partial charge in [0.2, 0.25) is 0 Å². The highest BCUT2D eigenvalue weighted by Gasteiger charge is 2.24. The van der Waals surface area contributed by atoms with E-state index in [2.05, 4.69) is 15.6 Å². The van der Waals surface area contributed by atoms with E-state index in [-0.39, 0.29) is 24.5 Å². The number of hydrogen-bond acceptors (Lipinski definition) is 7. The number of alkyl carbamates (subject to hydrolysis) is 1. The van der Waals surface area contributed by atoms with Crippen LogP contribution in [0.3, 0.4) is 0 Å². The third kappa shape index (κ3) is 8.26. The molecule has 5 rings (SSSR count). The van der Waals surface area contributed by atoms with E-state index in [9.17, 15) is 14.7 Å². The zero-order valence-electron chi connectivity index (χ0n) is 25.3. The maximum Gasteiger partial charge on any atom is 0.407 e. The van der Waals surface area contributed by atoms with E-state index < -0.39 is 17.7 Å². The van der Waals surface area contributed by atoms with Crippen molar-refractivity contribution >= 4 is 12.1 Å². The van der Waals surface area contributed by atoms with Gasteiger partial charge in [-0.25, -0.2) is 14.3 Å². The van der Waals surface area contributed by atoms with Crippen molar-refractivity contribution in [3.63, 3.8) is 0 Å². The normalized spacial score (nSPS) is 11.1. The predicted molar refractivity (Wildman–Crippen MR) is 168 cm³/mol. The van der Waals surface area contributed by atoms with Crippen molar-refractivity contribution in [3.05, 3.63) is 126 Å². The van der Waals surface area contributed by atoms with Crippen molar-refractivity contribution in [1.29, 1.82) is 0 Å². The molecule has 0 aliphatic rings. The number of carboxylic acid groups (broad SMARTS) is 1. The topological polar surface area (TPSA) is 125 Å². The first-order valence-corrected chi connectivity index (χ1v) is 14.4. The quantitative estimate of drug-likeness (QED) is 0.168. The molecule has 4 aromatic carbocycles. The van der Waals surface area contributed by atoms with Crippen LogP contribution in [-0.4, -0.2) is 37.8 Å². The summed E-state index contributed by atoms with van der Waals surface area (Å²) in [7, 11) is 0. The zero-order chi connectivity index (χ0) is 31.8. The van der Waals surface area contributed by atoms with E-state index in [0.29, 0.717) is 29.4 Å². The highest BCUT2D eigenvalue weighted by molar-refractivity contribution is 5.93. The molecule has 1 aromatic heterocycles. The lowest BCUT2D eigenvalue weighted by Gasteiger charge is -2.19. The number of carbonyl (C=O) groups is 2. The molecule has 10 heteroatoms. The fourth-order valence-electron chi connectivity index (χ4n) is 4.47. The van der Waals surface area contributed by atoms with Crippen LogP contribution in [0, 0.1) is 0 Å². The number of ether oxygens (including phenoxy) is 3. The van der Waals surface area contributed by atoms with Gasteiger partial charge in [-0.3, -0.25) is 0 Å². The molecule has 45 heavy (non-hydrogen) atoms. The number of hydrogen-bond donors (Lipinski definition) is 2. The van der Waals surface area contributed by atoms with Crippen molar-refractivity contribution in [3.8, 4) is 28.4 Å². The van der Waals surface area contributed by atoms with Gasteiger partial charge in [-0.2, -0.15) is 0 Å². The average molecular weight is 607 g/mol. The lowest BCUT2D eigenvalue weighted by Crippen LogP contribution is -2.32. The minimum atomic E-state index is -1.22. The lowest BCUT2D eigenvalue weighted by atomic mass is 10.1. The van der Waals surface area contributed by atoms with Crippen molar-refractivity contribution in [1.82, 2.24) is 20.3 Å². The number of aromatic nitrogens is 3. The van der Waals surface area contributed by atoms with Crippen LogP contribution in [0.15, 0.2) is 103 Å². The number of nitrogens with one attached hydrogen (secondary N) is 1. The number of aromatic carboxylic acids is 1. The molecule has 230 valence electrons. The van der Waals surface area contributed by atoms with Gasteiger partial charge in [0, 0.05) is 18.2 Å². The summed E-state index contributed by atoms with van der Waals surface area (Å²) in [4.78, 5) is 24.3. The molecule has 0 atom stereocenters. The highest BCUT2D eigenvalue weighted by Crippen LogP contribution is 2.33. The van der Waals surface area contributed by atoms with E-state index in [1.54, 1.807) is 63.2 Å². The van der Waals surface area contributed by atoms with Gasteiger partial charge in [-0.05, 0) is 49.6 Å². The molecular weight excluding hydrogens is 572 g/mol. The lowest BCUT2D eigenvalue weighted by molar-refractivity contribution is 0.0523. The largest absolute Gasteiger partial charge is 0.489 e. The molecule has 2 N–H and O–H groups in total. The van der Waals surface area contributed by atoms with Crippen LogP contribution in [-0.2, 0) is 24.5 Å². The molecule has 1 heterocycles. The van der Waals surface area contributed by atoms with Crippen molar-refractivity contribution in [2.45, 2.75) is 46.1 Å². The smallest absolute Gasteiger partial charge is 0.407 e. The maximum atomic E-state index is 12.2. The summed E-state index contributed by atoms with van der Waals surface area (Å²) in [6.07, 6.45) is -0.527. The Kier molecular flexibility index (Phi) is 9.43. The van der Waals surface area contributed by atoms with Gasteiger partial charge in [0.1, 0.15) is 41.7 Å². The van der Waals surface area contributed by atoms with Crippen LogP contribution in [0.5, 0.6) is 11.5 Å². The first kappa shape index (κ1) is 30.8. The molecule has 0 aliphatic heterocycles. The van der Waals surface area contributed by atoms with Crippen molar-refractivity contribution < 1.29 is 28.9 Å². The standard InChI is InChI=1S/C35H34N4O6/c1-35(2,3)45-34(42)36-21-24-14-16-27(17-15-24)32-31(33(40)41)37-38-39(32)29-19-18-28(43-22-25-10-6-4-7-11-25)20-30(29)44-23-26-12-8-5-9-13-26/h4-20H,21-23H2,1-3H3,(H,36,42)(H,40,41). The van der Waals surface area contributed by atoms with Crippen LogP contribution in [0.4, 0.5) is 4.79 Å². The van der Waals surface area contributed by atoms with Gasteiger partial charge in [0.25, 0.3) is 0 Å². The average Bonchev–Trinajstić information content (AvgIpc) is 3.48. The zero-order valence-corrected chi connectivity index (χ0v) is 25.3. The molecule has 0 saturated carbocycles. The molecule has 5 aromatic rings. The van der Waals surface area contributed by atoms with Gasteiger partial charge < -0.3 is 24.6 Å². The number of nitrogens with zero attached hydrogens (tertiary/aromatic N) is 3. The summed E-state index contributed by atoms with van der Waals surface area (Å²) >= 11 is 0. The Hall–Kier alpha value is -5.64. The molecule has 0 bridgehead atoms. The summed E-state index contributed by atoms with van der Waals surface area (Å²) in [6.45, 7) is 6.25. The third-order valence-electron chi connectivity index (χ3n) is 6.58. The van der Waals surface area contributed by atoms with E-state index in [0.717, 1.165) is 16.7 Å².